The molecule has 0 bridgehead atoms. The van der Waals surface area contributed by atoms with Gasteiger partial charge in [-0.15, -0.1) is 0 Å². The van der Waals surface area contributed by atoms with Crippen LogP contribution in [-0.4, -0.2) is 12.4 Å². The number of rotatable bonds is 4. The summed E-state index contributed by atoms with van der Waals surface area (Å²) >= 11 is 15.7. The molecule has 0 aliphatic rings. The molecule has 0 atom stereocenters. The second-order valence-corrected chi connectivity index (χ2v) is 6.21. The fraction of sp³-hybridized carbons (Fsp3) is 0.188. The Labute approximate surface area is 142 Å². The Balaban J connectivity index is 2.46. The summed E-state index contributed by atoms with van der Waals surface area (Å²) in [5, 5.41) is 0.703. The molecule has 0 fully saturated rings. The average molecular weight is 388 g/mol. The van der Waals surface area contributed by atoms with Gasteiger partial charge in [0.25, 0.3) is 0 Å². The number of carbonyl (C=O) groups excluding carboxylic acids is 1. The molecule has 0 saturated heterocycles. The Morgan fingerprint density at radius 3 is 2.48 bits per heavy atom. The lowest BCUT2D eigenvalue weighted by Gasteiger charge is -2.11. The van der Waals surface area contributed by atoms with E-state index in [1.807, 2.05) is 26.0 Å². The zero-order chi connectivity index (χ0) is 15.6. The van der Waals surface area contributed by atoms with E-state index in [9.17, 15) is 4.79 Å². The van der Waals surface area contributed by atoms with Crippen molar-refractivity contribution in [3.8, 4) is 5.75 Å². The standard InChI is InChI=1S/C16H13BrCl2O2/c1-3-21-15-8-13(18)12(7-14(15)19)16(20)11-5-4-10(17)6-9(11)2/h4-8H,3H2,1-2H3. The van der Waals surface area contributed by atoms with Crippen LogP contribution in [-0.2, 0) is 0 Å². The molecule has 110 valence electrons. The molecule has 2 aromatic rings. The van der Waals surface area contributed by atoms with Crippen molar-refractivity contribution in [1.82, 2.24) is 0 Å². The van der Waals surface area contributed by atoms with Crippen LogP contribution >= 0.6 is 39.1 Å². The maximum absolute atomic E-state index is 12.6. The van der Waals surface area contributed by atoms with Crippen LogP contribution in [0.2, 0.25) is 10.0 Å². The van der Waals surface area contributed by atoms with Crippen molar-refractivity contribution in [3.63, 3.8) is 0 Å². The minimum Gasteiger partial charge on any atom is -0.492 e. The summed E-state index contributed by atoms with van der Waals surface area (Å²) in [6, 6.07) is 8.61. The summed E-state index contributed by atoms with van der Waals surface area (Å²) in [7, 11) is 0. The van der Waals surface area contributed by atoms with Gasteiger partial charge in [0.2, 0.25) is 0 Å². The number of hydrogen-bond donors (Lipinski definition) is 0. The lowest BCUT2D eigenvalue weighted by molar-refractivity contribution is 0.103. The van der Waals surface area contributed by atoms with Crippen LogP contribution in [0.4, 0.5) is 0 Å². The van der Waals surface area contributed by atoms with E-state index in [0.717, 1.165) is 10.0 Å². The molecule has 2 rings (SSSR count). The third-order valence-corrected chi connectivity index (χ3v) is 4.10. The quantitative estimate of drug-likeness (QED) is 0.629. The number of aryl methyl sites for hydroxylation is 1. The monoisotopic (exact) mass is 386 g/mol. The minimum absolute atomic E-state index is 0.157. The molecule has 0 saturated carbocycles. The smallest absolute Gasteiger partial charge is 0.194 e. The highest BCUT2D eigenvalue weighted by molar-refractivity contribution is 9.10. The summed E-state index contributed by atoms with van der Waals surface area (Å²) in [5.74, 6) is 0.322. The maximum atomic E-state index is 12.6. The molecule has 21 heavy (non-hydrogen) atoms. The van der Waals surface area contributed by atoms with Gasteiger partial charge in [-0.1, -0.05) is 39.1 Å². The summed E-state index contributed by atoms with van der Waals surface area (Å²) in [6.45, 7) is 4.21. The van der Waals surface area contributed by atoms with E-state index in [2.05, 4.69) is 15.9 Å². The Kier molecular flexibility index (Phi) is 5.31. The van der Waals surface area contributed by atoms with E-state index >= 15 is 0 Å². The predicted octanol–water partition coefficient (Wildman–Crippen LogP) is 5.69. The van der Waals surface area contributed by atoms with Crippen LogP contribution in [0.3, 0.4) is 0 Å². The van der Waals surface area contributed by atoms with Gasteiger partial charge in [-0.3, -0.25) is 4.79 Å². The van der Waals surface area contributed by atoms with Crippen molar-refractivity contribution in [2.24, 2.45) is 0 Å². The van der Waals surface area contributed by atoms with Gasteiger partial charge in [-0.25, -0.2) is 0 Å². The first kappa shape index (κ1) is 16.3. The topological polar surface area (TPSA) is 26.3 Å². The van der Waals surface area contributed by atoms with Gasteiger partial charge in [-0.05, 0) is 43.7 Å². The molecule has 0 aliphatic heterocycles. The van der Waals surface area contributed by atoms with Crippen molar-refractivity contribution >= 4 is 44.9 Å². The van der Waals surface area contributed by atoms with E-state index < -0.39 is 0 Å². The van der Waals surface area contributed by atoms with Crippen molar-refractivity contribution in [2.45, 2.75) is 13.8 Å². The Hall–Kier alpha value is -1.03. The molecule has 2 aromatic carbocycles. The highest BCUT2D eigenvalue weighted by Gasteiger charge is 2.18. The van der Waals surface area contributed by atoms with Crippen molar-refractivity contribution in [3.05, 3.63) is 61.5 Å². The van der Waals surface area contributed by atoms with Crippen LogP contribution in [0.15, 0.2) is 34.8 Å². The van der Waals surface area contributed by atoms with Gasteiger partial charge in [0.15, 0.2) is 5.78 Å². The number of ketones is 1. The lowest BCUT2D eigenvalue weighted by Crippen LogP contribution is -2.05. The highest BCUT2D eigenvalue weighted by atomic mass is 79.9. The molecule has 0 heterocycles. The van der Waals surface area contributed by atoms with E-state index in [-0.39, 0.29) is 5.78 Å². The first-order valence-corrected chi connectivity index (χ1v) is 7.91. The van der Waals surface area contributed by atoms with E-state index in [0.29, 0.717) is 33.5 Å². The number of carbonyl (C=O) groups is 1. The van der Waals surface area contributed by atoms with Crippen LogP contribution in [0, 0.1) is 6.92 Å². The SMILES string of the molecule is CCOc1cc(Cl)c(C(=O)c2ccc(Br)cc2C)cc1Cl. The Morgan fingerprint density at radius 2 is 1.86 bits per heavy atom. The number of hydrogen-bond acceptors (Lipinski definition) is 2. The third kappa shape index (κ3) is 3.60. The molecular formula is C16H13BrCl2O2. The number of ether oxygens (including phenoxy) is 1. The summed E-state index contributed by atoms with van der Waals surface area (Å²) < 4.78 is 6.29. The fourth-order valence-corrected chi connectivity index (χ4v) is 2.93. The molecule has 0 unspecified atom stereocenters. The normalized spacial score (nSPS) is 10.5. The molecule has 2 nitrogen and oxygen atoms in total. The molecule has 0 aliphatic carbocycles. The largest absolute Gasteiger partial charge is 0.492 e. The van der Waals surface area contributed by atoms with Crippen molar-refractivity contribution < 1.29 is 9.53 Å². The molecule has 0 amide bonds. The summed E-state index contributed by atoms with van der Waals surface area (Å²) in [4.78, 5) is 12.6. The number of halogens is 3. The second kappa shape index (κ2) is 6.82. The van der Waals surface area contributed by atoms with Gasteiger partial charge >= 0.3 is 0 Å². The van der Waals surface area contributed by atoms with Crippen LogP contribution < -0.4 is 4.74 Å². The summed E-state index contributed by atoms with van der Waals surface area (Å²) in [6.07, 6.45) is 0. The molecule has 0 radical (unpaired) electrons. The van der Waals surface area contributed by atoms with Crippen molar-refractivity contribution in [1.29, 1.82) is 0 Å². The Morgan fingerprint density at radius 1 is 1.14 bits per heavy atom. The van der Waals surface area contributed by atoms with Gasteiger partial charge in [0.1, 0.15) is 5.75 Å². The molecule has 0 spiro atoms. The Bertz CT molecular complexity index is 699. The molecule has 0 aromatic heterocycles. The van der Waals surface area contributed by atoms with Crippen molar-refractivity contribution in [2.75, 3.05) is 6.61 Å². The minimum atomic E-state index is -0.157. The zero-order valence-electron chi connectivity index (χ0n) is 11.5. The first-order valence-electron chi connectivity index (χ1n) is 6.36. The first-order chi connectivity index (χ1) is 9.93. The van der Waals surface area contributed by atoms with E-state index in [1.54, 1.807) is 18.2 Å². The van der Waals surface area contributed by atoms with Gasteiger partial charge in [0.05, 0.1) is 16.7 Å². The lowest BCUT2D eigenvalue weighted by atomic mass is 9.99. The fourth-order valence-electron chi connectivity index (χ4n) is 2.00. The second-order valence-electron chi connectivity index (χ2n) is 4.48. The predicted molar refractivity (Wildman–Crippen MR) is 89.9 cm³/mol. The zero-order valence-corrected chi connectivity index (χ0v) is 14.6. The third-order valence-electron chi connectivity index (χ3n) is 3.00. The van der Waals surface area contributed by atoms with Gasteiger partial charge in [-0.2, -0.15) is 0 Å². The van der Waals surface area contributed by atoms with E-state index in [4.69, 9.17) is 27.9 Å². The molecule has 0 N–H and O–H groups in total. The number of benzene rings is 2. The van der Waals surface area contributed by atoms with E-state index in [1.165, 1.54) is 0 Å². The molecular weight excluding hydrogens is 375 g/mol. The van der Waals surface area contributed by atoms with Crippen LogP contribution in [0.25, 0.3) is 0 Å². The maximum Gasteiger partial charge on any atom is 0.194 e. The van der Waals surface area contributed by atoms with Gasteiger partial charge in [0, 0.05) is 21.7 Å². The molecule has 5 heteroatoms. The van der Waals surface area contributed by atoms with Crippen LogP contribution in [0.1, 0.15) is 28.4 Å². The van der Waals surface area contributed by atoms with Crippen LogP contribution in [0.5, 0.6) is 5.75 Å². The van der Waals surface area contributed by atoms with Gasteiger partial charge < -0.3 is 4.74 Å². The summed E-state index contributed by atoms with van der Waals surface area (Å²) in [5.41, 5.74) is 1.84. The highest BCUT2D eigenvalue weighted by Crippen LogP contribution is 2.33. The average Bonchev–Trinajstić information content (AvgIpc) is 2.42.